The average molecular weight is 271 g/mol. The summed E-state index contributed by atoms with van der Waals surface area (Å²) in [5.41, 5.74) is 0. The van der Waals surface area contributed by atoms with Crippen LogP contribution in [0.4, 0.5) is 0 Å². The number of esters is 2. The molecule has 1 rings (SSSR count). The lowest BCUT2D eigenvalue weighted by Gasteiger charge is -2.33. The Morgan fingerprint density at radius 2 is 1.89 bits per heavy atom. The summed E-state index contributed by atoms with van der Waals surface area (Å²) in [5.74, 6) is -0.287. The largest absolute Gasteiger partial charge is 0.466 e. The molecule has 1 atom stereocenters. The molecule has 19 heavy (non-hydrogen) atoms. The van der Waals surface area contributed by atoms with Crippen molar-refractivity contribution in [3.8, 4) is 0 Å². The fourth-order valence-electron chi connectivity index (χ4n) is 2.42. The lowest BCUT2D eigenvalue weighted by molar-refractivity contribution is -0.150. The van der Waals surface area contributed by atoms with Crippen molar-refractivity contribution in [1.29, 1.82) is 0 Å². The summed E-state index contributed by atoms with van der Waals surface area (Å²) in [5, 5.41) is 0. The Bertz CT molecular complexity index is 293. The number of nitrogens with zero attached hydrogens (tertiary/aromatic N) is 1. The average Bonchev–Trinajstić information content (AvgIpc) is 2.40. The van der Waals surface area contributed by atoms with Gasteiger partial charge in [0.15, 0.2) is 0 Å². The van der Waals surface area contributed by atoms with Gasteiger partial charge in [0.1, 0.15) is 6.04 Å². The monoisotopic (exact) mass is 271 g/mol. The van der Waals surface area contributed by atoms with Crippen LogP contribution in [0.25, 0.3) is 0 Å². The summed E-state index contributed by atoms with van der Waals surface area (Å²) in [4.78, 5) is 25.3. The first kappa shape index (κ1) is 16.0. The highest BCUT2D eigenvalue weighted by Gasteiger charge is 2.29. The van der Waals surface area contributed by atoms with E-state index in [4.69, 9.17) is 9.47 Å². The predicted molar refractivity (Wildman–Crippen MR) is 71.7 cm³/mol. The number of rotatable bonds is 7. The molecule has 0 amide bonds. The van der Waals surface area contributed by atoms with Crippen LogP contribution in [-0.2, 0) is 19.1 Å². The maximum atomic E-state index is 11.9. The second kappa shape index (κ2) is 8.91. The summed E-state index contributed by atoms with van der Waals surface area (Å²) >= 11 is 0. The van der Waals surface area contributed by atoms with Crippen LogP contribution in [0.5, 0.6) is 0 Å². The van der Waals surface area contributed by atoms with Gasteiger partial charge in [0, 0.05) is 6.42 Å². The third-order valence-corrected chi connectivity index (χ3v) is 3.30. The number of hydrogen-bond donors (Lipinski definition) is 0. The summed E-state index contributed by atoms with van der Waals surface area (Å²) < 4.78 is 10.0. The maximum Gasteiger partial charge on any atom is 0.323 e. The molecule has 0 aromatic carbocycles. The Morgan fingerprint density at radius 1 is 1.16 bits per heavy atom. The van der Waals surface area contributed by atoms with E-state index in [1.807, 2.05) is 6.92 Å². The third kappa shape index (κ3) is 5.59. The van der Waals surface area contributed by atoms with Gasteiger partial charge in [-0.15, -0.1) is 0 Å². The molecule has 0 aromatic heterocycles. The predicted octanol–water partition coefficient (Wildman–Crippen LogP) is 1.75. The molecular weight excluding hydrogens is 246 g/mol. The number of piperidine rings is 1. The van der Waals surface area contributed by atoms with Gasteiger partial charge in [-0.2, -0.15) is 0 Å². The van der Waals surface area contributed by atoms with Crippen LogP contribution in [0.3, 0.4) is 0 Å². The van der Waals surface area contributed by atoms with Crippen molar-refractivity contribution in [3.63, 3.8) is 0 Å². The van der Waals surface area contributed by atoms with Gasteiger partial charge in [0.2, 0.25) is 0 Å². The minimum atomic E-state index is -0.160. The van der Waals surface area contributed by atoms with Gasteiger partial charge in [-0.05, 0) is 46.2 Å². The molecule has 1 aliphatic rings. The van der Waals surface area contributed by atoms with Crippen molar-refractivity contribution in [2.24, 2.45) is 0 Å². The molecule has 0 bridgehead atoms. The van der Waals surface area contributed by atoms with Crippen LogP contribution in [0.15, 0.2) is 0 Å². The number of hydrogen-bond acceptors (Lipinski definition) is 5. The van der Waals surface area contributed by atoms with Gasteiger partial charge in [-0.1, -0.05) is 6.42 Å². The molecule has 1 aliphatic heterocycles. The second-order valence-electron chi connectivity index (χ2n) is 4.71. The van der Waals surface area contributed by atoms with E-state index in [9.17, 15) is 9.59 Å². The van der Waals surface area contributed by atoms with Crippen molar-refractivity contribution in [2.75, 3.05) is 26.3 Å². The molecule has 1 unspecified atom stereocenters. The highest BCUT2D eigenvalue weighted by atomic mass is 16.5. The minimum absolute atomic E-state index is 0.127. The zero-order valence-electron chi connectivity index (χ0n) is 12.0. The summed E-state index contributed by atoms with van der Waals surface area (Å²) in [7, 11) is 0. The first-order valence-electron chi connectivity index (χ1n) is 7.25. The van der Waals surface area contributed by atoms with E-state index in [1.54, 1.807) is 6.92 Å². The summed E-state index contributed by atoms with van der Waals surface area (Å²) in [6.07, 6.45) is 4.18. The van der Waals surface area contributed by atoms with Gasteiger partial charge in [0.05, 0.1) is 13.2 Å². The normalized spacial score (nSPS) is 20.0. The van der Waals surface area contributed by atoms with Gasteiger partial charge < -0.3 is 9.47 Å². The quantitative estimate of drug-likeness (QED) is 0.660. The number of carbonyl (C=O) groups is 2. The molecular formula is C14H25NO4. The number of likely N-dealkylation sites (tertiary alicyclic amines) is 1. The highest BCUT2D eigenvalue weighted by molar-refractivity contribution is 5.75. The van der Waals surface area contributed by atoms with E-state index in [2.05, 4.69) is 4.90 Å². The van der Waals surface area contributed by atoms with Crippen molar-refractivity contribution < 1.29 is 19.1 Å². The van der Waals surface area contributed by atoms with Crippen LogP contribution < -0.4 is 0 Å². The fourth-order valence-corrected chi connectivity index (χ4v) is 2.42. The Hall–Kier alpha value is -1.10. The van der Waals surface area contributed by atoms with Crippen LogP contribution in [-0.4, -0.2) is 49.2 Å². The van der Waals surface area contributed by atoms with Crippen LogP contribution in [0.1, 0.15) is 46.0 Å². The lowest BCUT2D eigenvalue weighted by Crippen LogP contribution is -2.45. The molecule has 110 valence electrons. The van der Waals surface area contributed by atoms with E-state index in [0.717, 1.165) is 38.8 Å². The van der Waals surface area contributed by atoms with Crippen LogP contribution in [0, 0.1) is 0 Å². The Morgan fingerprint density at radius 3 is 2.58 bits per heavy atom. The van der Waals surface area contributed by atoms with Gasteiger partial charge in [0.25, 0.3) is 0 Å². The van der Waals surface area contributed by atoms with Crippen molar-refractivity contribution in [2.45, 2.75) is 52.0 Å². The molecule has 1 saturated heterocycles. The topological polar surface area (TPSA) is 55.8 Å². The minimum Gasteiger partial charge on any atom is -0.466 e. The lowest BCUT2D eigenvalue weighted by atomic mass is 10.0. The summed E-state index contributed by atoms with van der Waals surface area (Å²) in [6.45, 7) is 6.14. The zero-order chi connectivity index (χ0) is 14.1. The van der Waals surface area contributed by atoms with Crippen molar-refractivity contribution in [3.05, 3.63) is 0 Å². The van der Waals surface area contributed by atoms with Crippen LogP contribution >= 0.6 is 0 Å². The Kier molecular flexibility index (Phi) is 7.48. The van der Waals surface area contributed by atoms with E-state index >= 15 is 0 Å². The van der Waals surface area contributed by atoms with E-state index in [0.29, 0.717) is 19.6 Å². The SMILES string of the molecule is CCOC(=O)CCCN1CCCCC1C(=O)OCC. The molecule has 0 saturated carbocycles. The fraction of sp³-hybridized carbons (Fsp3) is 0.857. The summed E-state index contributed by atoms with van der Waals surface area (Å²) in [6, 6.07) is -0.129. The third-order valence-electron chi connectivity index (χ3n) is 3.30. The van der Waals surface area contributed by atoms with Crippen molar-refractivity contribution >= 4 is 11.9 Å². The van der Waals surface area contributed by atoms with E-state index in [-0.39, 0.29) is 18.0 Å². The molecule has 5 nitrogen and oxygen atoms in total. The standard InChI is InChI=1S/C14H25NO4/c1-3-18-13(16)9-7-11-15-10-6-5-8-12(15)14(17)19-4-2/h12H,3-11H2,1-2H3. The molecule has 1 heterocycles. The second-order valence-corrected chi connectivity index (χ2v) is 4.71. The Balaban J connectivity index is 2.35. The van der Waals surface area contributed by atoms with E-state index in [1.165, 1.54) is 0 Å². The molecule has 0 spiro atoms. The van der Waals surface area contributed by atoms with E-state index < -0.39 is 0 Å². The first-order chi connectivity index (χ1) is 9.19. The van der Waals surface area contributed by atoms with Gasteiger partial charge >= 0.3 is 11.9 Å². The van der Waals surface area contributed by atoms with Gasteiger partial charge in [-0.25, -0.2) is 0 Å². The smallest absolute Gasteiger partial charge is 0.323 e. The number of carbonyl (C=O) groups excluding carboxylic acids is 2. The molecule has 0 aliphatic carbocycles. The zero-order valence-corrected chi connectivity index (χ0v) is 12.0. The molecule has 0 radical (unpaired) electrons. The molecule has 5 heteroatoms. The van der Waals surface area contributed by atoms with Crippen LogP contribution in [0.2, 0.25) is 0 Å². The highest BCUT2D eigenvalue weighted by Crippen LogP contribution is 2.18. The molecule has 0 aromatic rings. The Labute approximate surface area is 115 Å². The number of ether oxygens (including phenoxy) is 2. The van der Waals surface area contributed by atoms with Crippen molar-refractivity contribution in [1.82, 2.24) is 4.90 Å². The first-order valence-corrected chi connectivity index (χ1v) is 7.25. The molecule has 0 N–H and O–H groups in total. The van der Waals surface area contributed by atoms with Gasteiger partial charge in [-0.3, -0.25) is 14.5 Å². The maximum absolute atomic E-state index is 11.9. The molecule has 1 fully saturated rings.